The van der Waals surface area contributed by atoms with Gasteiger partial charge in [-0.3, -0.25) is 0 Å². The van der Waals surface area contributed by atoms with Gasteiger partial charge in [-0.25, -0.2) is 0 Å². The molecular weight excluding hydrogens is 164 g/mol. The Labute approximate surface area is 77.0 Å². The van der Waals surface area contributed by atoms with Crippen LogP contribution in [0.4, 0.5) is 0 Å². The highest BCUT2D eigenvalue weighted by atomic mass is 32.2. The van der Waals surface area contributed by atoms with E-state index in [1.807, 2.05) is 17.8 Å². The first-order valence-corrected chi connectivity index (χ1v) is 4.85. The van der Waals surface area contributed by atoms with Gasteiger partial charge in [-0.05, 0) is 23.5 Å². The van der Waals surface area contributed by atoms with E-state index in [0.29, 0.717) is 0 Å². The Morgan fingerprint density at radius 1 is 1.08 bits per heavy atom. The molecule has 0 bridgehead atoms. The van der Waals surface area contributed by atoms with Crippen molar-refractivity contribution in [2.45, 2.75) is 11.3 Å². The number of allylic oxidation sites excluding steroid dienone is 4. The van der Waals surface area contributed by atoms with E-state index >= 15 is 0 Å². The topological polar surface area (TPSA) is 0 Å². The van der Waals surface area contributed by atoms with Crippen molar-refractivity contribution in [3.05, 3.63) is 53.5 Å². The molecule has 60 valence electrons. The fraction of sp³-hybridized carbons (Fsp3) is 0.0909. The molecule has 1 aliphatic carbocycles. The Bertz CT molecular complexity index is 309. The van der Waals surface area contributed by atoms with E-state index in [-0.39, 0.29) is 0 Å². The molecule has 0 nitrogen and oxygen atoms in total. The summed E-state index contributed by atoms with van der Waals surface area (Å²) >= 11 is 1.85. The zero-order chi connectivity index (χ0) is 8.23. The maximum Gasteiger partial charge on any atom is 0.0119 e. The Balaban J connectivity index is 2.05. The average molecular weight is 174 g/mol. The quantitative estimate of drug-likeness (QED) is 0.660. The molecule has 12 heavy (non-hydrogen) atoms. The zero-order valence-corrected chi connectivity index (χ0v) is 7.55. The summed E-state index contributed by atoms with van der Waals surface area (Å²) in [7, 11) is 0. The van der Waals surface area contributed by atoms with Gasteiger partial charge >= 0.3 is 0 Å². The molecule has 1 aromatic rings. The van der Waals surface area contributed by atoms with Crippen molar-refractivity contribution in [3.63, 3.8) is 0 Å². The van der Waals surface area contributed by atoms with Crippen LogP contribution >= 0.6 is 11.8 Å². The molecule has 0 aromatic heterocycles. The van der Waals surface area contributed by atoms with E-state index in [1.165, 1.54) is 9.80 Å². The fourth-order valence-electron chi connectivity index (χ4n) is 1.14. The van der Waals surface area contributed by atoms with Crippen LogP contribution in [-0.2, 0) is 0 Å². The van der Waals surface area contributed by atoms with Gasteiger partial charge in [0.05, 0.1) is 0 Å². The molecule has 0 aliphatic heterocycles. The highest BCUT2D eigenvalue weighted by molar-refractivity contribution is 8.03. The van der Waals surface area contributed by atoms with E-state index < -0.39 is 0 Å². The first-order valence-electron chi connectivity index (χ1n) is 4.04. The molecule has 0 radical (unpaired) electrons. The third kappa shape index (κ3) is 1.80. The third-order valence-electron chi connectivity index (χ3n) is 1.73. The zero-order valence-electron chi connectivity index (χ0n) is 6.73. The van der Waals surface area contributed by atoms with E-state index in [0.717, 1.165) is 6.42 Å². The Morgan fingerprint density at radius 3 is 2.58 bits per heavy atom. The van der Waals surface area contributed by atoms with Crippen molar-refractivity contribution in [2.75, 3.05) is 0 Å². The normalized spacial score (nSPS) is 14.8. The van der Waals surface area contributed by atoms with Crippen LogP contribution in [0, 0.1) is 0 Å². The average Bonchev–Trinajstić information content (AvgIpc) is 2.59. The van der Waals surface area contributed by atoms with Crippen LogP contribution in [0.25, 0.3) is 0 Å². The van der Waals surface area contributed by atoms with Gasteiger partial charge in [-0.1, -0.05) is 48.2 Å². The van der Waals surface area contributed by atoms with Crippen molar-refractivity contribution in [1.29, 1.82) is 0 Å². The Hall–Kier alpha value is -0.950. The molecule has 0 fully saturated rings. The van der Waals surface area contributed by atoms with Gasteiger partial charge in [0.2, 0.25) is 0 Å². The lowest BCUT2D eigenvalue weighted by atomic mass is 10.4. The van der Waals surface area contributed by atoms with Gasteiger partial charge < -0.3 is 0 Å². The molecule has 1 heteroatoms. The largest absolute Gasteiger partial charge is 0.0942 e. The number of hydrogen-bond acceptors (Lipinski definition) is 1. The van der Waals surface area contributed by atoms with E-state index in [1.54, 1.807) is 0 Å². The van der Waals surface area contributed by atoms with Crippen LogP contribution in [0.5, 0.6) is 0 Å². The van der Waals surface area contributed by atoms with Gasteiger partial charge in [0.1, 0.15) is 0 Å². The summed E-state index contributed by atoms with van der Waals surface area (Å²) in [5, 5.41) is 0. The summed E-state index contributed by atoms with van der Waals surface area (Å²) in [6.45, 7) is 0. The van der Waals surface area contributed by atoms with Crippen molar-refractivity contribution in [3.8, 4) is 0 Å². The predicted octanol–water partition coefficient (Wildman–Crippen LogP) is 3.62. The number of hydrogen-bond donors (Lipinski definition) is 0. The molecule has 0 amide bonds. The summed E-state index contributed by atoms with van der Waals surface area (Å²) in [5.74, 6) is 0. The SMILES string of the molecule is C1=CCC(Sc2ccccc2)=C1. The molecule has 0 N–H and O–H groups in total. The maximum atomic E-state index is 2.19. The van der Waals surface area contributed by atoms with Crippen LogP contribution in [0.15, 0.2) is 58.4 Å². The van der Waals surface area contributed by atoms with Gasteiger partial charge in [0.15, 0.2) is 0 Å². The standard InChI is InChI=1S/C11H10S/c1-2-6-10(7-3-1)12-11-8-4-5-9-11/h1-8H,9H2. The molecule has 0 unspecified atom stereocenters. The molecule has 1 aliphatic rings. The lowest BCUT2D eigenvalue weighted by Gasteiger charge is -1.99. The number of thioether (sulfide) groups is 1. The second-order valence-corrected chi connectivity index (χ2v) is 3.88. The summed E-state index contributed by atoms with van der Waals surface area (Å²) in [6.07, 6.45) is 7.58. The monoisotopic (exact) mass is 174 g/mol. The van der Waals surface area contributed by atoms with E-state index in [9.17, 15) is 0 Å². The predicted molar refractivity (Wildman–Crippen MR) is 54.1 cm³/mol. The highest BCUT2D eigenvalue weighted by Crippen LogP contribution is 2.30. The second kappa shape index (κ2) is 3.63. The molecule has 0 saturated carbocycles. The fourth-order valence-corrected chi connectivity index (χ4v) is 2.07. The molecule has 0 spiro atoms. The molecule has 0 atom stereocenters. The number of benzene rings is 1. The van der Waals surface area contributed by atoms with Crippen LogP contribution in [0.3, 0.4) is 0 Å². The minimum atomic E-state index is 1.10. The summed E-state index contributed by atoms with van der Waals surface area (Å²) in [6, 6.07) is 10.5. The van der Waals surface area contributed by atoms with Gasteiger partial charge in [0.25, 0.3) is 0 Å². The minimum Gasteiger partial charge on any atom is -0.0942 e. The van der Waals surface area contributed by atoms with Gasteiger partial charge in [-0.2, -0.15) is 0 Å². The first kappa shape index (κ1) is 7.69. The summed E-state index contributed by atoms with van der Waals surface area (Å²) in [5.41, 5.74) is 0. The highest BCUT2D eigenvalue weighted by Gasteiger charge is 2.00. The van der Waals surface area contributed by atoms with Crippen molar-refractivity contribution < 1.29 is 0 Å². The van der Waals surface area contributed by atoms with Gasteiger partial charge in [-0.15, -0.1) is 0 Å². The smallest absolute Gasteiger partial charge is 0.0119 e. The molecule has 0 heterocycles. The lowest BCUT2D eigenvalue weighted by molar-refractivity contribution is 1.39. The molecule has 0 saturated heterocycles. The molecule has 2 rings (SSSR count). The van der Waals surface area contributed by atoms with Crippen molar-refractivity contribution in [2.24, 2.45) is 0 Å². The van der Waals surface area contributed by atoms with Gasteiger partial charge in [0, 0.05) is 4.90 Å². The molecule has 1 aromatic carbocycles. The Morgan fingerprint density at radius 2 is 1.92 bits per heavy atom. The van der Waals surface area contributed by atoms with E-state index in [2.05, 4.69) is 42.5 Å². The van der Waals surface area contributed by atoms with E-state index in [4.69, 9.17) is 0 Å². The number of rotatable bonds is 2. The third-order valence-corrected chi connectivity index (χ3v) is 2.80. The van der Waals surface area contributed by atoms with Crippen LogP contribution < -0.4 is 0 Å². The molecular formula is C11H10S. The van der Waals surface area contributed by atoms with Crippen LogP contribution in [0.1, 0.15) is 6.42 Å². The lowest BCUT2D eigenvalue weighted by Crippen LogP contribution is -1.71. The van der Waals surface area contributed by atoms with Crippen LogP contribution in [-0.4, -0.2) is 0 Å². The van der Waals surface area contributed by atoms with Crippen LogP contribution in [0.2, 0.25) is 0 Å². The first-order chi connectivity index (χ1) is 5.95. The summed E-state index contributed by atoms with van der Waals surface area (Å²) in [4.78, 5) is 2.76. The summed E-state index contributed by atoms with van der Waals surface area (Å²) < 4.78 is 0. The maximum absolute atomic E-state index is 2.19. The van der Waals surface area contributed by atoms with Crippen molar-refractivity contribution >= 4 is 11.8 Å². The second-order valence-electron chi connectivity index (χ2n) is 2.68. The Kier molecular flexibility index (Phi) is 2.33. The minimum absolute atomic E-state index is 1.10. The van der Waals surface area contributed by atoms with Crippen molar-refractivity contribution in [1.82, 2.24) is 0 Å².